The first-order valence-electron chi connectivity index (χ1n) is 8.81. The zero-order valence-electron chi connectivity index (χ0n) is 13.8. The molecule has 2 aliphatic rings. The van der Waals surface area contributed by atoms with Crippen molar-refractivity contribution in [3.63, 3.8) is 0 Å². The topological polar surface area (TPSA) is 58.6 Å². The zero-order valence-corrected chi connectivity index (χ0v) is 13.8. The predicted octanol–water partition coefficient (Wildman–Crippen LogP) is 2.10. The van der Waals surface area contributed by atoms with Gasteiger partial charge in [-0.15, -0.1) is 0 Å². The Morgan fingerprint density at radius 3 is 2.27 bits per heavy atom. The molecule has 1 N–H and O–H groups in total. The van der Waals surface area contributed by atoms with Gasteiger partial charge >= 0.3 is 0 Å². The maximum absolute atomic E-state index is 12.1. The first-order chi connectivity index (χ1) is 10.7. The van der Waals surface area contributed by atoms with Crippen LogP contribution in [0.4, 0.5) is 0 Å². The minimum Gasteiger partial charge on any atom is -0.381 e. The van der Waals surface area contributed by atoms with Crippen LogP contribution in [0, 0.1) is 5.92 Å². The summed E-state index contributed by atoms with van der Waals surface area (Å²) >= 11 is 0. The minimum atomic E-state index is 0.0809. The van der Waals surface area contributed by atoms with Crippen molar-refractivity contribution in [2.45, 2.75) is 64.3 Å². The number of carbonyl (C=O) groups is 2. The van der Waals surface area contributed by atoms with Crippen LogP contribution in [0.25, 0.3) is 0 Å². The van der Waals surface area contributed by atoms with E-state index in [1.165, 1.54) is 25.7 Å². The van der Waals surface area contributed by atoms with E-state index in [9.17, 15) is 9.59 Å². The van der Waals surface area contributed by atoms with Gasteiger partial charge in [0.2, 0.25) is 11.8 Å². The van der Waals surface area contributed by atoms with Crippen molar-refractivity contribution < 1.29 is 14.3 Å². The fourth-order valence-electron chi connectivity index (χ4n) is 3.57. The second kappa shape index (κ2) is 9.13. The summed E-state index contributed by atoms with van der Waals surface area (Å²) in [5.74, 6) is 0.331. The summed E-state index contributed by atoms with van der Waals surface area (Å²) in [6.07, 6.45) is 8.81. The predicted molar refractivity (Wildman–Crippen MR) is 85.4 cm³/mol. The lowest BCUT2D eigenvalue weighted by Gasteiger charge is -2.31. The molecule has 1 aliphatic heterocycles. The standard InChI is InChI=1S/C17H30N2O3/c1-14(20)19(16-6-4-2-3-5-7-16)11-10-18-17(21)15-8-12-22-13-9-15/h15-16H,2-13H2,1H3,(H,18,21). The maximum Gasteiger partial charge on any atom is 0.223 e. The molecule has 0 radical (unpaired) electrons. The van der Waals surface area contributed by atoms with Gasteiger partial charge in [0.15, 0.2) is 0 Å². The molecule has 1 heterocycles. The summed E-state index contributed by atoms with van der Waals surface area (Å²) in [7, 11) is 0. The van der Waals surface area contributed by atoms with Crippen LogP contribution < -0.4 is 5.32 Å². The van der Waals surface area contributed by atoms with Crippen LogP contribution in [0.5, 0.6) is 0 Å². The number of nitrogens with one attached hydrogen (secondary N) is 1. The average Bonchev–Trinajstić information content (AvgIpc) is 2.81. The largest absolute Gasteiger partial charge is 0.381 e. The van der Waals surface area contributed by atoms with Gasteiger partial charge in [0.1, 0.15) is 0 Å². The first kappa shape index (κ1) is 17.3. The molecule has 2 fully saturated rings. The van der Waals surface area contributed by atoms with Gasteiger partial charge in [0.25, 0.3) is 0 Å². The molecule has 22 heavy (non-hydrogen) atoms. The molecule has 5 nitrogen and oxygen atoms in total. The van der Waals surface area contributed by atoms with Crippen molar-refractivity contribution in [2.75, 3.05) is 26.3 Å². The Kier molecular flexibility index (Phi) is 7.16. The van der Waals surface area contributed by atoms with Crippen molar-refractivity contribution >= 4 is 11.8 Å². The number of amides is 2. The molecular formula is C17H30N2O3. The Morgan fingerprint density at radius 2 is 1.68 bits per heavy atom. The van der Waals surface area contributed by atoms with Gasteiger partial charge in [-0.2, -0.15) is 0 Å². The Bertz CT molecular complexity index is 359. The van der Waals surface area contributed by atoms with Crippen LogP contribution in [0.15, 0.2) is 0 Å². The summed E-state index contributed by atoms with van der Waals surface area (Å²) < 4.78 is 5.28. The third-order valence-corrected chi connectivity index (χ3v) is 4.91. The lowest BCUT2D eigenvalue weighted by atomic mass is 9.99. The van der Waals surface area contributed by atoms with Crippen molar-refractivity contribution in [1.82, 2.24) is 10.2 Å². The van der Waals surface area contributed by atoms with Crippen molar-refractivity contribution in [1.29, 1.82) is 0 Å². The molecular weight excluding hydrogens is 280 g/mol. The minimum absolute atomic E-state index is 0.0809. The maximum atomic E-state index is 12.1. The summed E-state index contributed by atoms with van der Waals surface area (Å²) in [4.78, 5) is 26.0. The van der Waals surface area contributed by atoms with Gasteiger partial charge in [0, 0.05) is 45.2 Å². The van der Waals surface area contributed by atoms with Gasteiger partial charge < -0.3 is 15.0 Å². The van der Waals surface area contributed by atoms with Crippen molar-refractivity contribution in [2.24, 2.45) is 5.92 Å². The van der Waals surface area contributed by atoms with E-state index in [4.69, 9.17) is 4.74 Å². The molecule has 0 spiro atoms. The van der Waals surface area contributed by atoms with E-state index >= 15 is 0 Å². The van der Waals surface area contributed by atoms with Crippen LogP contribution in [-0.2, 0) is 14.3 Å². The smallest absolute Gasteiger partial charge is 0.223 e. The molecule has 126 valence electrons. The van der Waals surface area contributed by atoms with Crippen LogP contribution in [0.3, 0.4) is 0 Å². The molecule has 1 saturated carbocycles. The second-order valence-corrected chi connectivity index (χ2v) is 6.54. The summed E-state index contributed by atoms with van der Waals surface area (Å²) in [6.45, 7) is 4.20. The van der Waals surface area contributed by atoms with E-state index in [1.54, 1.807) is 6.92 Å². The zero-order chi connectivity index (χ0) is 15.8. The van der Waals surface area contributed by atoms with Gasteiger partial charge in [-0.25, -0.2) is 0 Å². The first-order valence-corrected chi connectivity index (χ1v) is 8.81. The molecule has 0 unspecified atom stereocenters. The van der Waals surface area contributed by atoms with E-state index < -0.39 is 0 Å². The molecule has 0 atom stereocenters. The van der Waals surface area contributed by atoms with Crippen LogP contribution in [0.2, 0.25) is 0 Å². The SMILES string of the molecule is CC(=O)N(CCNC(=O)C1CCOCC1)C1CCCCCC1. The van der Waals surface area contributed by atoms with E-state index in [1.807, 2.05) is 4.90 Å². The third-order valence-electron chi connectivity index (χ3n) is 4.91. The van der Waals surface area contributed by atoms with E-state index in [0.29, 0.717) is 32.3 Å². The molecule has 2 amide bonds. The highest BCUT2D eigenvalue weighted by Gasteiger charge is 2.24. The molecule has 5 heteroatoms. The van der Waals surface area contributed by atoms with Gasteiger partial charge in [-0.05, 0) is 25.7 Å². The molecule has 0 aromatic heterocycles. The molecule has 0 aromatic carbocycles. The number of rotatable bonds is 5. The fraction of sp³-hybridized carbons (Fsp3) is 0.882. The lowest BCUT2D eigenvalue weighted by Crippen LogP contribution is -2.44. The fourth-order valence-corrected chi connectivity index (χ4v) is 3.57. The van der Waals surface area contributed by atoms with Gasteiger partial charge in [-0.1, -0.05) is 25.7 Å². The van der Waals surface area contributed by atoms with Crippen LogP contribution >= 0.6 is 0 Å². The monoisotopic (exact) mass is 310 g/mol. The van der Waals surface area contributed by atoms with E-state index in [-0.39, 0.29) is 17.7 Å². The molecule has 2 rings (SSSR count). The Labute approximate surface area is 133 Å². The summed E-state index contributed by atoms with van der Waals surface area (Å²) in [5, 5.41) is 3.00. The number of hydrogen-bond donors (Lipinski definition) is 1. The Morgan fingerprint density at radius 1 is 1.05 bits per heavy atom. The second-order valence-electron chi connectivity index (χ2n) is 6.54. The number of hydrogen-bond acceptors (Lipinski definition) is 3. The Balaban J connectivity index is 1.76. The average molecular weight is 310 g/mol. The lowest BCUT2D eigenvalue weighted by molar-refractivity contribution is -0.132. The van der Waals surface area contributed by atoms with Crippen LogP contribution in [0.1, 0.15) is 58.3 Å². The van der Waals surface area contributed by atoms with E-state index in [0.717, 1.165) is 25.7 Å². The van der Waals surface area contributed by atoms with Gasteiger partial charge in [-0.3, -0.25) is 9.59 Å². The van der Waals surface area contributed by atoms with Crippen molar-refractivity contribution in [3.8, 4) is 0 Å². The molecule has 1 aliphatic carbocycles. The molecule has 0 bridgehead atoms. The highest BCUT2D eigenvalue weighted by atomic mass is 16.5. The van der Waals surface area contributed by atoms with Gasteiger partial charge in [0.05, 0.1) is 0 Å². The number of carbonyl (C=O) groups excluding carboxylic acids is 2. The third kappa shape index (κ3) is 5.27. The number of ether oxygens (including phenoxy) is 1. The molecule has 0 aromatic rings. The number of nitrogens with zero attached hydrogens (tertiary/aromatic N) is 1. The normalized spacial score (nSPS) is 21.1. The van der Waals surface area contributed by atoms with Crippen LogP contribution in [-0.4, -0.2) is 49.1 Å². The summed E-state index contributed by atoms with van der Waals surface area (Å²) in [5.41, 5.74) is 0. The quantitative estimate of drug-likeness (QED) is 0.791. The Hall–Kier alpha value is -1.10. The molecule has 1 saturated heterocycles. The highest BCUT2D eigenvalue weighted by Crippen LogP contribution is 2.22. The van der Waals surface area contributed by atoms with Crippen molar-refractivity contribution in [3.05, 3.63) is 0 Å². The van der Waals surface area contributed by atoms with E-state index in [2.05, 4.69) is 5.32 Å². The summed E-state index contributed by atoms with van der Waals surface area (Å²) in [6, 6.07) is 0.361. The highest BCUT2D eigenvalue weighted by molar-refractivity contribution is 5.78.